The largest absolute Gasteiger partial charge is 0.493 e. The van der Waals surface area contributed by atoms with E-state index in [-0.39, 0.29) is 18.8 Å². The number of benzene rings is 1. The van der Waals surface area contributed by atoms with Crippen LogP contribution in [0.3, 0.4) is 0 Å². The summed E-state index contributed by atoms with van der Waals surface area (Å²) in [4.78, 5) is 0. The maximum Gasteiger partial charge on any atom is 0.161 e. The number of nitrogens with one attached hydrogen (secondary N) is 1. The molecule has 1 aromatic rings. The number of methoxy groups -OCH3 is 1. The third-order valence-electron chi connectivity index (χ3n) is 4.03. The quantitative estimate of drug-likeness (QED) is 0.661. The zero-order chi connectivity index (χ0) is 14.6. The van der Waals surface area contributed by atoms with Gasteiger partial charge in [-0.2, -0.15) is 0 Å². The highest BCUT2D eigenvalue weighted by Gasteiger charge is 2.44. The van der Waals surface area contributed by atoms with Gasteiger partial charge in [0.05, 0.1) is 25.9 Å². The first kappa shape index (κ1) is 15.1. The topological polar surface area (TPSA) is 71.0 Å². The van der Waals surface area contributed by atoms with Gasteiger partial charge in [0, 0.05) is 0 Å². The fourth-order valence-corrected chi connectivity index (χ4v) is 2.42. The number of likely N-dealkylation sites (N-methyl/N-ethyl adjacent to an activating group) is 1. The van der Waals surface area contributed by atoms with Crippen LogP contribution in [0.5, 0.6) is 11.5 Å². The summed E-state index contributed by atoms with van der Waals surface area (Å²) in [6, 6.07) is 5.34. The molecule has 0 amide bonds. The molecule has 1 atom stereocenters. The number of ether oxygens (including phenoxy) is 2. The first-order chi connectivity index (χ1) is 9.69. The Morgan fingerprint density at radius 2 is 2.05 bits per heavy atom. The second kappa shape index (κ2) is 6.43. The van der Waals surface area contributed by atoms with E-state index in [1.807, 2.05) is 7.05 Å². The summed E-state index contributed by atoms with van der Waals surface area (Å²) in [5, 5.41) is 22.0. The third kappa shape index (κ3) is 3.06. The molecule has 1 aliphatic rings. The van der Waals surface area contributed by atoms with Gasteiger partial charge in [-0.1, -0.05) is 6.07 Å². The van der Waals surface area contributed by atoms with E-state index in [0.29, 0.717) is 24.0 Å². The van der Waals surface area contributed by atoms with Gasteiger partial charge in [0.25, 0.3) is 0 Å². The van der Waals surface area contributed by atoms with Crippen LogP contribution in [0.2, 0.25) is 0 Å². The molecule has 3 N–H and O–H groups in total. The third-order valence-corrected chi connectivity index (χ3v) is 4.03. The maximum atomic E-state index is 9.67. The monoisotopic (exact) mass is 281 g/mol. The summed E-state index contributed by atoms with van der Waals surface area (Å²) in [5.41, 5.74) is 0.388. The Morgan fingerprint density at radius 3 is 2.55 bits per heavy atom. The highest BCUT2D eigenvalue weighted by molar-refractivity contribution is 5.42. The second-order valence-corrected chi connectivity index (χ2v) is 5.27. The van der Waals surface area contributed by atoms with Crippen LogP contribution in [0.1, 0.15) is 18.4 Å². The molecule has 0 aromatic heterocycles. The molecule has 0 radical (unpaired) electrons. The lowest BCUT2D eigenvalue weighted by atomic mass is 9.95. The van der Waals surface area contributed by atoms with Gasteiger partial charge < -0.3 is 25.0 Å². The smallest absolute Gasteiger partial charge is 0.161 e. The molecule has 5 nitrogen and oxygen atoms in total. The fourth-order valence-electron chi connectivity index (χ4n) is 2.42. The van der Waals surface area contributed by atoms with Gasteiger partial charge in [-0.25, -0.2) is 0 Å². The molecule has 0 spiro atoms. The summed E-state index contributed by atoms with van der Waals surface area (Å²) in [7, 11) is 3.42. The van der Waals surface area contributed by atoms with Crippen molar-refractivity contribution in [2.75, 3.05) is 27.4 Å². The lowest BCUT2D eigenvalue weighted by Crippen LogP contribution is -2.53. The lowest BCUT2D eigenvalue weighted by molar-refractivity contribution is 0.0900. The minimum Gasteiger partial charge on any atom is -0.493 e. The van der Waals surface area contributed by atoms with Gasteiger partial charge in [-0.3, -0.25) is 0 Å². The van der Waals surface area contributed by atoms with Crippen molar-refractivity contribution in [3.05, 3.63) is 23.8 Å². The first-order valence-corrected chi connectivity index (χ1v) is 6.89. The minimum absolute atomic E-state index is 0.0319. The van der Waals surface area contributed by atoms with Crippen molar-refractivity contribution in [1.82, 2.24) is 5.32 Å². The van der Waals surface area contributed by atoms with Crippen molar-refractivity contribution >= 4 is 0 Å². The molecular weight excluding hydrogens is 258 g/mol. The first-order valence-electron chi connectivity index (χ1n) is 6.89. The molecule has 1 unspecified atom stereocenters. The highest BCUT2D eigenvalue weighted by atomic mass is 16.5. The van der Waals surface area contributed by atoms with E-state index in [0.717, 1.165) is 18.4 Å². The van der Waals surface area contributed by atoms with Gasteiger partial charge in [0.1, 0.15) is 6.61 Å². The fraction of sp³-hybridized carbons (Fsp3) is 0.600. The lowest BCUT2D eigenvalue weighted by Gasteiger charge is -2.31. The van der Waals surface area contributed by atoms with Crippen LogP contribution in [-0.2, 0) is 6.61 Å². The van der Waals surface area contributed by atoms with Gasteiger partial charge in [0.2, 0.25) is 0 Å². The number of hydrogen-bond donors (Lipinski definition) is 3. The van der Waals surface area contributed by atoms with Crippen LogP contribution < -0.4 is 14.8 Å². The van der Waals surface area contributed by atoms with E-state index >= 15 is 0 Å². The molecule has 20 heavy (non-hydrogen) atoms. The van der Waals surface area contributed by atoms with E-state index in [4.69, 9.17) is 14.6 Å². The van der Waals surface area contributed by atoms with Gasteiger partial charge in [-0.15, -0.1) is 0 Å². The summed E-state index contributed by atoms with van der Waals surface area (Å²) in [5.74, 6) is 1.67. The van der Waals surface area contributed by atoms with Crippen molar-refractivity contribution in [3.63, 3.8) is 0 Å². The Kier molecular flexibility index (Phi) is 4.86. The molecule has 1 aliphatic carbocycles. The number of aliphatic hydroxyl groups is 2. The van der Waals surface area contributed by atoms with Crippen LogP contribution in [0.4, 0.5) is 0 Å². The predicted octanol–water partition coefficient (Wildman–Crippen LogP) is 0.927. The van der Waals surface area contributed by atoms with Crippen molar-refractivity contribution in [3.8, 4) is 11.5 Å². The van der Waals surface area contributed by atoms with E-state index in [1.54, 1.807) is 25.3 Å². The zero-order valence-electron chi connectivity index (χ0n) is 12.1. The zero-order valence-corrected chi connectivity index (χ0v) is 12.1. The van der Waals surface area contributed by atoms with Crippen LogP contribution in [0, 0.1) is 5.92 Å². The molecule has 0 bridgehead atoms. The molecule has 1 fully saturated rings. The van der Waals surface area contributed by atoms with Crippen molar-refractivity contribution in [1.29, 1.82) is 0 Å². The Bertz CT molecular complexity index is 441. The average molecular weight is 281 g/mol. The number of hydrogen-bond acceptors (Lipinski definition) is 5. The van der Waals surface area contributed by atoms with Crippen molar-refractivity contribution in [2.45, 2.75) is 25.0 Å². The Balaban J connectivity index is 2.09. The summed E-state index contributed by atoms with van der Waals surface area (Å²) < 4.78 is 11.1. The Morgan fingerprint density at radius 1 is 1.30 bits per heavy atom. The van der Waals surface area contributed by atoms with E-state index in [1.165, 1.54) is 0 Å². The Labute approximate surface area is 119 Å². The van der Waals surface area contributed by atoms with E-state index in [2.05, 4.69) is 5.32 Å². The maximum absolute atomic E-state index is 9.67. The summed E-state index contributed by atoms with van der Waals surface area (Å²) in [6.07, 6.45) is 2.23. The standard InChI is InChI=1S/C15H23NO4/c1-16-15(9-18,12-4-5-12)10-20-13-6-3-11(8-17)7-14(13)19-2/h3,6-7,12,16-18H,4-5,8-10H2,1-2H3. The van der Waals surface area contributed by atoms with E-state index < -0.39 is 0 Å². The molecule has 0 aliphatic heterocycles. The van der Waals surface area contributed by atoms with Gasteiger partial charge >= 0.3 is 0 Å². The molecule has 5 heteroatoms. The van der Waals surface area contributed by atoms with Crippen LogP contribution in [0.25, 0.3) is 0 Å². The van der Waals surface area contributed by atoms with Gasteiger partial charge in [-0.05, 0) is 43.5 Å². The number of aliphatic hydroxyl groups excluding tert-OH is 2. The SMILES string of the molecule is CNC(CO)(COc1ccc(CO)cc1OC)C1CC1. The van der Waals surface area contributed by atoms with E-state index in [9.17, 15) is 5.11 Å². The molecule has 1 saturated carbocycles. The molecule has 112 valence electrons. The minimum atomic E-state index is -0.388. The summed E-state index contributed by atoms with van der Waals surface area (Å²) in [6.45, 7) is 0.403. The molecular formula is C15H23NO4. The molecule has 0 heterocycles. The second-order valence-electron chi connectivity index (χ2n) is 5.27. The molecule has 2 rings (SSSR count). The normalized spacial score (nSPS) is 17.6. The highest BCUT2D eigenvalue weighted by Crippen LogP contribution is 2.40. The average Bonchev–Trinajstić information content (AvgIpc) is 3.34. The molecule has 1 aromatic carbocycles. The van der Waals surface area contributed by atoms with Crippen LogP contribution in [-0.4, -0.2) is 43.1 Å². The molecule has 0 saturated heterocycles. The number of rotatable bonds is 8. The summed E-state index contributed by atoms with van der Waals surface area (Å²) >= 11 is 0. The van der Waals surface area contributed by atoms with Crippen LogP contribution in [0.15, 0.2) is 18.2 Å². The van der Waals surface area contributed by atoms with Crippen LogP contribution >= 0.6 is 0 Å². The van der Waals surface area contributed by atoms with Gasteiger partial charge in [0.15, 0.2) is 11.5 Å². The Hall–Kier alpha value is -1.30. The van der Waals surface area contributed by atoms with Crippen molar-refractivity contribution in [2.24, 2.45) is 5.92 Å². The van der Waals surface area contributed by atoms with Crippen molar-refractivity contribution < 1.29 is 19.7 Å². The predicted molar refractivity (Wildman–Crippen MR) is 76.0 cm³/mol.